The van der Waals surface area contributed by atoms with E-state index in [9.17, 15) is 0 Å². The third kappa shape index (κ3) is 3.96. The van der Waals surface area contributed by atoms with E-state index in [0.717, 1.165) is 69.1 Å². The molecule has 122 valence electrons. The van der Waals surface area contributed by atoms with Crippen molar-refractivity contribution in [3.63, 3.8) is 0 Å². The van der Waals surface area contributed by atoms with Crippen LogP contribution in [0.15, 0.2) is 6.07 Å². The van der Waals surface area contributed by atoms with E-state index < -0.39 is 0 Å². The van der Waals surface area contributed by atoms with E-state index in [4.69, 9.17) is 4.74 Å². The molecule has 1 unspecified atom stereocenters. The van der Waals surface area contributed by atoms with Crippen LogP contribution in [0.1, 0.15) is 31.3 Å². The van der Waals surface area contributed by atoms with Gasteiger partial charge in [0.05, 0.1) is 13.2 Å². The second-order valence-electron chi connectivity index (χ2n) is 6.49. The van der Waals surface area contributed by atoms with Gasteiger partial charge in [0.15, 0.2) is 0 Å². The molecule has 0 aromatic carbocycles. The van der Waals surface area contributed by atoms with Crippen LogP contribution in [0, 0.1) is 12.8 Å². The maximum Gasteiger partial charge on any atom is 0.132 e. The molecule has 0 aliphatic carbocycles. The van der Waals surface area contributed by atoms with Gasteiger partial charge in [-0.2, -0.15) is 0 Å². The monoisotopic (exact) mass is 304 g/mol. The Hall–Kier alpha value is -1.20. The summed E-state index contributed by atoms with van der Waals surface area (Å²) < 4.78 is 5.45. The minimum absolute atomic E-state index is 0.743. The fourth-order valence-electron chi connectivity index (χ4n) is 3.53. The molecule has 0 N–H and O–H groups in total. The third-order valence-corrected chi connectivity index (χ3v) is 4.70. The Balaban J connectivity index is 1.63. The summed E-state index contributed by atoms with van der Waals surface area (Å²) in [5, 5.41) is 0. The smallest absolute Gasteiger partial charge is 0.132 e. The second-order valence-corrected chi connectivity index (χ2v) is 6.49. The van der Waals surface area contributed by atoms with E-state index in [0.29, 0.717) is 0 Å². The van der Waals surface area contributed by atoms with Gasteiger partial charge in [-0.25, -0.2) is 9.97 Å². The van der Waals surface area contributed by atoms with Crippen molar-refractivity contribution in [1.29, 1.82) is 0 Å². The van der Waals surface area contributed by atoms with E-state index >= 15 is 0 Å². The lowest BCUT2D eigenvalue weighted by molar-refractivity contribution is 0.0296. The highest BCUT2D eigenvalue weighted by atomic mass is 16.5. The molecule has 1 aromatic heterocycles. The number of aryl methyl sites for hydroxylation is 2. The number of morpholine rings is 1. The Morgan fingerprint density at radius 2 is 2.05 bits per heavy atom. The molecule has 3 heterocycles. The van der Waals surface area contributed by atoms with E-state index in [2.05, 4.69) is 32.8 Å². The van der Waals surface area contributed by atoms with Crippen LogP contribution in [0.3, 0.4) is 0 Å². The van der Waals surface area contributed by atoms with Gasteiger partial charge in [-0.05, 0) is 32.1 Å². The van der Waals surface area contributed by atoms with E-state index in [1.54, 1.807) is 0 Å². The summed E-state index contributed by atoms with van der Waals surface area (Å²) in [6, 6.07) is 2.17. The number of hydrogen-bond donors (Lipinski definition) is 0. The van der Waals surface area contributed by atoms with Gasteiger partial charge in [0, 0.05) is 44.5 Å². The lowest BCUT2D eigenvalue weighted by atomic mass is 9.97. The molecule has 0 bridgehead atoms. The van der Waals surface area contributed by atoms with Crippen LogP contribution in [0.4, 0.5) is 5.82 Å². The Morgan fingerprint density at radius 3 is 2.82 bits per heavy atom. The van der Waals surface area contributed by atoms with Crippen molar-refractivity contribution in [3.8, 4) is 0 Å². The van der Waals surface area contributed by atoms with Crippen LogP contribution >= 0.6 is 0 Å². The molecular formula is C17H28N4O. The highest BCUT2D eigenvalue weighted by Gasteiger charge is 2.24. The Bertz CT molecular complexity index is 488. The van der Waals surface area contributed by atoms with Gasteiger partial charge in [0.1, 0.15) is 11.6 Å². The molecular weight excluding hydrogens is 276 g/mol. The summed E-state index contributed by atoms with van der Waals surface area (Å²) in [7, 11) is 0. The fraction of sp³-hybridized carbons (Fsp3) is 0.765. The van der Waals surface area contributed by atoms with Crippen molar-refractivity contribution in [2.75, 3.05) is 50.8 Å². The van der Waals surface area contributed by atoms with E-state index in [1.807, 2.05) is 6.92 Å². The molecule has 2 saturated heterocycles. The number of hydrogen-bond acceptors (Lipinski definition) is 5. The Morgan fingerprint density at radius 1 is 1.23 bits per heavy atom. The maximum absolute atomic E-state index is 5.45. The summed E-state index contributed by atoms with van der Waals surface area (Å²) in [5.41, 5.74) is 1.15. The fourth-order valence-corrected chi connectivity index (χ4v) is 3.53. The standard InChI is InChI=1S/C17H28N4O/c1-3-16-11-17(19-14(2)18-16)21-6-4-5-15(13-21)12-20-7-9-22-10-8-20/h11,15H,3-10,12-13H2,1-2H3. The highest BCUT2D eigenvalue weighted by Crippen LogP contribution is 2.23. The maximum atomic E-state index is 5.45. The largest absolute Gasteiger partial charge is 0.379 e. The second kappa shape index (κ2) is 7.38. The Labute approximate surface area is 133 Å². The average molecular weight is 304 g/mol. The average Bonchev–Trinajstić information content (AvgIpc) is 2.55. The normalized spacial score (nSPS) is 23.7. The molecule has 2 aliphatic heterocycles. The van der Waals surface area contributed by atoms with Crippen molar-refractivity contribution in [1.82, 2.24) is 14.9 Å². The van der Waals surface area contributed by atoms with Gasteiger partial charge in [0.25, 0.3) is 0 Å². The van der Waals surface area contributed by atoms with Gasteiger partial charge in [0.2, 0.25) is 0 Å². The number of piperidine rings is 1. The highest BCUT2D eigenvalue weighted by molar-refractivity contribution is 5.40. The number of aromatic nitrogens is 2. The van der Waals surface area contributed by atoms with Gasteiger partial charge >= 0.3 is 0 Å². The van der Waals surface area contributed by atoms with Gasteiger partial charge in [-0.3, -0.25) is 4.90 Å². The number of rotatable bonds is 4. The quantitative estimate of drug-likeness (QED) is 0.850. The molecule has 0 spiro atoms. The molecule has 0 amide bonds. The topological polar surface area (TPSA) is 41.5 Å². The molecule has 2 fully saturated rings. The van der Waals surface area contributed by atoms with Crippen LogP contribution in [0.2, 0.25) is 0 Å². The van der Waals surface area contributed by atoms with Crippen LogP contribution in [-0.4, -0.2) is 60.8 Å². The van der Waals surface area contributed by atoms with Crippen LogP contribution in [0.25, 0.3) is 0 Å². The first-order valence-electron chi connectivity index (χ1n) is 8.64. The molecule has 3 rings (SSSR count). The summed E-state index contributed by atoms with van der Waals surface area (Å²) in [4.78, 5) is 14.2. The van der Waals surface area contributed by atoms with Crippen molar-refractivity contribution >= 4 is 5.82 Å². The SMILES string of the molecule is CCc1cc(N2CCCC(CN3CCOCC3)C2)nc(C)n1. The predicted octanol–water partition coefficient (Wildman–Crippen LogP) is 1.90. The molecule has 0 radical (unpaired) electrons. The first-order chi connectivity index (χ1) is 10.7. The zero-order chi connectivity index (χ0) is 15.4. The molecule has 5 nitrogen and oxygen atoms in total. The summed E-state index contributed by atoms with van der Waals surface area (Å²) in [6.45, 7) is 11.6. The van der Waals surface area contributed by atoms with Gasteiger partial charge < -0.3 is 9.64 Å². The molecule has 5 heteroatoms. The number of anilines is 1. The predicted molar refractivity (Wildman–Crippen MR) is 88.3 cm³/mol. The summed E-state index contributed by atoms with van der Waals surface area (Å²) in [5.74, 6) is 2.76. The van der Waals surface area contributed by atoms with E-state index in [-0.39, 0.29) is 0 Å². The number of nitrogens with zero attached hydrogens (tertiary/aromatic N) is 4. The zero-order valence-corrected chi connectivity index (χ0v) is 13.9. The van der Waals surface area contributed by atoms with Crippen molar-refractivity contribution in [2.45, 2.75) is 33.1 Å². The lowest BCUT2D eigenvalue weighted by Crippen LogP contribution is -2.44. The minimum Gasteiger partial charge on any atom is -0.379 e. The zero-order valence-electron chi connectivity index (χ0n) is 13.9. The molecule has 0 saturated carbocycles. The lowest BCUT2D eigenvalue weighted by Gasteiger charge is -2.37. The van der Waals surface area contributed by atoms with Crippen LogP contribution in [-0.2, 0) is 11.2 Å². The van der Waals surface area contributed by atoms with Gasteiger partial charge in [-0.1, -0.05) is 6.92 Å². The minimum atomic E-state index is 0.743. The van der Waals surface area contributed by atoms with Crippen LogP contribution in [0.5, 0.6) is 0 Å². The molecule has 22 heavy (non-hydrogen) atoms. The van der Waals surface area contributed by atoms with Crippen molar-refractivity contribution in [3.05, 3.63) is 17.6 Å². The van der Waals surface area contributed by atoms with Crippen molar-refractivity contribution in [2.24, 2.45) is 5.92 Å². The molecule has 2 aliphatic rings. The first kappa shape index (κ1) is 15.7. The summed E-state index contributed by atoms with van der Waals surface area (Å²) in [6.07, 6.45) is 3.57. The first-order valence-corrected chi connectivity index (χ1v) is 8.64. The van der Waals surface area contributed by atoms with Crippen LogP contribution < -0.4 is 4.90 Å². The molecule has 1 atom stereocenters. The van der Waals surface area contributed by atoms with Crippen molar-refractivity contribution < 1.29 is 4.74 Å². The van der Waals surface area contributed by atoms with Gasteiger partial charge in [-0.15, -0.1) is 0 Å². The Kier molecular flexibility index (Phi) is 5.26. The summed E-state index contributed by atoms with van der Waals surface area (Å²) >= 11 is 0. The third-order valence-electron chi connectivity index (χ3n) is 4.70. The molecule has 1 aromatic rings. The van der Waals surface area contributed by atoms with E-state index in [1.165, 1.54) is 19.4 Å². The number of ether oxygens (including phenoxy) is 1.